The molecule has 0 aliphatic carbocycles. The number of nitrogens with zero attached hydrogens (tertiary/aromatic N) is 5. The Bertz CT molecular complexity index is 2210. The molecule has 2 bridgehead atoms. The summed E-state index contributed by atoms with van der Waals surface area (Å²) < 4.78 is 34.9. The fourth-order valence-corrected chi connectivity index (χ4v) is 8.33. The zero-order chi connectivity index (χ0) is 34.3. The van der Waals surface area contributed by atoms with Crippen LogP contribution < -0.4 is 10.2 Å². The number of anilines is 2. The summed E-state index contributed by atoms with van der Waals surface area (Å²) in [6.45, 7) is 5.78. The molecule has 0 saturated carbocycles. The molecule has 0 radical (unpaired) electrons. The van der Waals surface area contributed by atoms with Crippen LogP contribution in [0.5, 0.6) is 0 Å². The number of hydrogen-bond donors (Lipinski definition) is 2. The van der Waals surface area contributed by atoms with Crippen molar-refractivity contribution in [2.45, 2.75) is 57.8 Å². The smallest absolute Gasteiger partial charge is 0.248 e. The third kappa shape index (κ3) is 4.97. The second-order valence-corrected chi connectivity index (χ2v) is 13.7. The van der Waals surface area contributed by atoms with Gasteiger partial charge in [0.15, 0.2) is 5.78 Å². The third-order valence-corrected chi connectivity index (χ3v) is 10.8. The Morgan fingerprint density at radius 3 is 2.57 bits per heavy atom. The van der Waals surface area contributed by atoms with E-state index in [1.54, 1.807) is 12.3 Å². The van der Waals surface area contributed by atoms with Crippen molar-refractivity contribution in [1.82, 2.24) is 19.0 Å². The fourth-order valence-electron chi connectivity index (χ4n) is 8.33. The number of ketones is 1. The van der Waals surface area contributed by atoms with Gasteiger partial charge in [0.1, 0.15) is 28.7 Å². The third-order valence-electron chi connectivity index (χ3n) is 10.8. The molecule has 5 aromatic rings. The summed E-state index contributed by atoms with van der Waals surface area (Å²) in [6, 6.07) is 10.3. The Morgan fingerprint density at radius 2 is 1.86 bits per heavy atom. The van der Waals surface area contributed by atoms with Crippen LogP contribution in [-0.4, -0.2) is 74.1 Å². The molecule has 3 atom stereocenters. The summed E-state index contributed by atoms with van der Waals surface area (Å²) in [5, 5.41) is 13.1. The lowest BCUT2D eigenvalue weighted by Crippen LogP contribution is -2.32. The molecule has 8 rings (SSSR count). The molecule has 3 aliphatic heterocycles. The molecule has 5 heterocycles. The number of likely N-dealkylation sites (N-methyl/N-ethyl adjacent to an activating group) is 1. The van der Waals surface area contributed by atoms with E-state index in [-0.39, 0.29) is 17.7 Å². The number of para-hydroxylation sites is 1. The standard InChI is InChI=1S/C38H38F2N6O3/c1-20-15-30-35(41-21(2)44(30)4)37-33(20)25-8-5-7-24-26(19-45(36(24)25)14-13-43(37)3)38(49)22-16-27(39)34(28(40)17-22)42-32(48)9-6-12-46-23-10-11-29(46)31(47)18-23/h5-9,15-17,19,23,29,31,47H,10-14,18H2,1-4H3,(H,42,48)/b9-6+/t23-,29+,31-/m1/s1. The molecule has 2 aromatic heterocycles. The Kier molecular flexibility index (Phi) is 7.45. The summed E-state index contributed by atoms with van der Waals surface area (Å²) in [5.74, 6) is -2.34. The van der Waals surface area contributed by atoms with Crippen molar-refractivity contribution in [3.8, 4) is 11.1 Å². The van der Waals surface area contributed by atoms with Crippen LogP contribution in [0.4, 0.5) is 20.2 Å². The number of amides is 1. The maximum atomic E-state index is 15.4. The molecule has 0 spiro atoms. The normalized spacial score (nSPS) is 20.4. The Morgan fingerprint density at radius 1 is 1.08 bits per heavy atom. The molecule has 1 amide bonds. The molecule has 2 saturated heterocycles. The monoisotopic (exact) mass is 664 g/mol. The lowest BCUT2D eigenvalue weighted by Gasteiger charge is -2.28. The van der Waals surface area contributed by atoms with Gasteiger partial charge >= 0.3 is 0 Å². The number of halogens is 2. The van der Waals surface area contributed by atoms with Crippen LogP contribution in [0, 0.1) is 25.5 Å². The van der Waals surface area contributed by atoms with Gasteiger partial charge in [-0.3, -0.25) is 14.5 Å². The van der Waals surface area contributed by atoms with Crippen molar-refractivity contribution in [2.75, 3.05) is 30.4 Å². The number of nitrogens with one attached hydrogen (secondary N) is 1. The molecule has 252 valence electrons. The number of aliphatic hydroxyl groups excluding tert-OH is 1. The Balaban J connectivity index is 1.10. The van der Waals surface area contributed by atoms with Crippen molar-refractivity contribution < 1.29 is 23.5 Å². The molecule has 2 N–H and O–H groups in total. The average molecular weight is 665 g/mol. The highest BCUT2D eigenvalue weighted by Gasteiger charge is 2.44. The molecule has 11 heteroatoms. The number of hydrogen-bond acceptors (Lipinski definition) is 6. The minimum Gasteiger partial charge on any atom is -0.391 e. The van der Waals surface area contributed by atoms with Crippen molar-refractivity contribution in [2.24, 2.45) is 7.05 Å². The number of carbonyl (C=O) groups is 2. The van der Waals surface area contributed by atoms with Crippen molar-refractivity contribution in [1.29, 1.82) is 0 Å². The van der Waals surface area contributed by atoms with E-state index in [9.17, 15) is 14.7 Å². The number of aliphatic hydroxyl groups is 1. The van der Waals surface area contributed by atoms with E-state index >= 15 is 8.78 Å². The minimum atomic E-state index is -1.03. The zero-order valence-corrected chi connectivity index (χ0v) is 27.9. The first-order valence-electron chi connectivity index (χ1n) is 16.8. The first-order valence-corrected chi connectivity index (χ1v) is 16.8. The van der Waals surface area contributed by atoms with Gasteiger partial charge in [-0.25, -0.2) is 13.8 Å². The van der Waals surface area contributed by atoms with Crippen molar-refractivity contribution >= 4 is 45.0 Å². The number of fused-ring (bicyclic) bond motifs is 6. The van der Waals surface area contributed by atoms with Crippen LogP contribution in [0.2, 0.25) is 0 Å². The molecule has 49 heavy (non-hydrogen) atoms. The number of rotatable bonds is 6. The summed E-state index contributed by atoms with van der Waals surface area (Å²) in [5.41, 5.74) is 6.53. The van der Waals surface area contributed by atoms with E-state index < -0.39 is 29.0 Å². The van der Waals surface area contributed by atoms with E-state index in [0.717, 1.165) is 76.1 Å². The lowest BCUT2D eigenvalue weighted by atomic mass is 9.93. The maximum absolute atomic E-state index is 15.4. The van der Waals surface area contributed by atoms with Gasteiger partial charge in [0.25, 0.3) is 0 Å². The van der Waals surface area contributed by atoms with Gasteiger partial charge in [-0.2, -0.15) is 0 Å². The van der Waals surface area contributed by atoms with Crippen LogP contribution >= 0.6 is 0 Å². The highest BCUT2D eigenvalue weighted by molar-refractivity contribution is 6.19. The summed E-state index contributed by atoms with van der Waals surface area (Å²) in [6.07, 6.45) is 6.99. The van der Waals surface area contributed by atoms with Gasteiger partial charge in [-0.15, -0.1) is 0 Å². The second-order valence-electron chi connectivity index (χ2n) is 13.7. The first-order chi connectivity index (χ1) is 23.5. The van der Waals surface area contributed by atoms with E-state index in [0.29, 0.717) is 36.6 Å². The van der Waals surface area contributed by atoms with Gasteiger partial charge in [0, 0.05) is 85.7 Å². The van der Waals surface area contributed by atoms with Gasteiger partial charge in [-0.05, 0) is 56.9 Å². The lowest BCUT2D eigenvalue weighted by molar-refractivity contribution is -0.112. The number of benzene rings is 3. The number of aryl methyl sites for hydroxylation is 3. The molecular weight excluding hydrogens is 626 g/mol. The highest BCUT2D eigenvalue weighted by Crippen LogP contribution is 2.44. The SMILES string of the molecule is Cc1cc2c(nc(C)n2C)c2c1-c1cccc3c(C(=O)c4cc(F)c(NC(=O)/C=C/CN5[C@@H]6CC[C@H]5[C@H](O)C6)c(F)c4)cn(c13)CCN2C. The topological polar surface area (TPSA) is 95.6 Å². The molecule has 3 aromatic carbocycles. The maximum Gasteiger partial charge on any atom is 0.248 e. The molecule has 9 nitrogen and oxygen atoms in total. The van der Waals surface area contributed by atoms with Gasteiger partial charge in [0.2, 0.25) is 5.91 Å². The molecule has 0 unspecified atom stereocenters. The highest BCUT2D eigenvalue weighted by atomic mass is 19.1. The predicted octanol–water partition coefficient (Wildman–Crippen LogP) is 5.86. The number of carbonyl (C=O) groups excluding carboxylic acids is 2. The van der Waals surface area contributed by atoms with E-state index in [1.165, 1.54) is 6.08 Å². The Hall–Kier alpha value is -4.87. The van der Waals surface area contributed by atoms with Crippen LogP contribution in [0.25, 0.3) is 33.1 Å². The van der Waals surface area contributed by atoms with Crippen LogP contribution in [-0.2, 0) is 18.4 Å². The van der Waals surface area contributed by atoms with Crippen molar-refractivity contribution in [3.63, 3.8) is 0 Å². The average Bonchev–Trinajstić information content (AvgIpc) is 3.80. The molecule has 3 aliphatic rings. The summed E-state index contributed by atoms with van der Waals surface area (Å²) in [4.78, 5) is 35.9. The first kappa shape index (κ1) is 31.4. The van der Waals surface area contributed by atoms with E-state index in [1.807, 2.05) is 43.8 Å². The van der Waals surface area contributed by atoms with Crippen LogP contribution in [0.3, 0.4) is 0 Å². The van der Waals surface area contributed by atoms with E-state index in [4.69, 9.17) is 4.98 Å². The van der Waals surface area contributed by atoms with Gasteiger partial charge in [0.05, 0.1) is 22.8 Å². The van der Waals surface area contributed by atoms with Crippen molar-refractivity contribution in [3.05, 3.63) is 88.9 Å². The van der Waals surface area contributed by atoms with Gasteiger partial charge < -0.3 is 24.5 Å². The Labute approximate surface area is 282 Å². The van der Waals surface area contributed by atoms with Crippen LogP contribution in [0.15, 0.2) is 54.7 Å². The number of aromatic nitrogens is 3. The summed E-state index contributed by atoms with van der Waals surface area (Å²) in [7, 11) is 4.06. The van der Waals surface area contributed by atoms with Crippen LogP contribution in [0.1, 0.15) is 46.6 Å². The zero-order valence-electron chi connectivity index (χ0n) is 27.9. The largest absolute Gasteiger partial charge is 0.391 e. The van der Waals surface area contributed by atoms with E-state index in [2.05, 4.69) is 32.7 Å². The second kappa shape index (κ2) is 11.6. The molecular formula is C38H38F2N6O3. The quantitative estimate of drug-likeness (QED) is 0.174. The molecule has 2 fully saturated rings. The number of imidazole rings is 1. The minimum absolute atomic E-state index is 0.0915. The fraction of sp³-hybridized carbons (Fsp3) is 0.342. The van der Waals surface area contributed by atoms with Gasteiger partial charge in [-0.1, -0.05) is 24.3 Å². The predicted molar refractivity (Wildman–Crippen MR) is 186 cm³/mol. The summed E-state index contributed by atoms with van der Waals surface area (Å²) >= 11 is 0.